The molecule has 1 atom stereocenters. The highest BCUT2D eigenvalue weighted by molar-refractivity contribution is 7.91. The number of amides is 1. The van der Waals surface area contributed by atoms with Crippen molar-refractivity contribution < 1.29 is 22.5 Å². The van der Waals surface area contributed by atoms with Gasteiger partial charge in [-0.25, -0.2) is 8.42 Å². The number of nitrogens with zero attached hydrogens (tertiary/aromatic N) is 2. The maximum absolute atomic E-state index is 13.4. The van der Waals surface area contributed by atoms with E-state index in [-0.39, 0.29) is 29.7 Å². The summed E-state index contributed by atoms with van der Waals surface area (Å²) in [7, 11) is -3.17. The summed E-state index contributed by atoms with van der Waals surface area (Å²) in [5.41, 5.74) is 1.74. The van der Waals surface area contributed by atoms with Crippen molar-refractivity contribution in [1.29, 1.82) is 0 Å². The standard InChI is InChI=1S/C23H23ClN2O5S/c1-2-30-20-9-5-17(6-10-20)22-13-21(25-31-22)23(27)26(19-11-12-32(28,29)15-19)14-16-3-7-18(24)8-4-16/h3-10,13,19H,2,11-12,14-15H2,1H3. The van der Waals surface area contributed by atoms with Crippen molar-refractivity contribution in [2.45, 2.75) is 25.9 Å². The third-order valence-corrected chi connectivity index (χ3v) is 7.36. The molecule has 2 aromatic carbocycles. The zero-order valence-electron chi connectivity index (χ0n) is 17.5. The van der Waals surface area contributed by atoms with Crippen LogP contribution in [-0.2, 0) is 16.4 Å². The maximum atomic E-state index is 13.4. The summed E-state index contributed by atoms with van der Waals surface area (Å²) in [6, 6.07) is 15.6. The van der Waals surface area contributed by atoms with Crippen LogP contribution in [0.25, 0.3) is 11.3 Å². The van der Waals surface area contributed by atoms with Crippen LogP contribution in [0.4, 0.5) is 0 Å². The highest BCUT2D eigenvalue weighted by Gasteiger charge is 2.36. The van der Waals surface area contributed by atoms with Gasteiger partial charge in [0.2, 0.25) is 0 Å². The van der Waals surface area contributed by atoms with Gasteiger partial charge in [-0.15, -0.1) is 0 Å². The summed E-state index contributed by atoms with van der Waals surface area (Å²) >= 11 is 5.97. The Balaban J connectivity index is 1.58. The first kappa shape index (κ1) is 22.4. The number of benzene rings is 2. The largest absolute Gasteiger partial charge is 0.494 e. The molecule has 9 heteroatoms. The Labute approximate surface area is 191 Å². The molecule has 1 unspecified atom stereocenters. The summed E-state index contributed by atoms with van der Waals surface area (Å²) in [5.74, 6) is 0.822. The van der Waals surface area contributed by atoms with Crippen molar-refractivity contribution in [3.05, 3.63) is 70.9 Å². The van der Waals surface area contributed by atoms with E-state index in [1.807, 2.05) is 43.3 Å². The van der Waals surface area contributed by atoms with E-state index in [0.717, 1.165) is 16.9 Å². The van der Waals surface area contributed by atoms with Crippen LogP contribution in [-0.4, -0.2) is 48.5 Å². The van der Waals surface area contributed by atoms with E-state index < -0.39 is 15.9 Å². The fourth-order valence-electron chi connectivity index (χ4n) is 3.72. The summed E-state index contributed by atoms with van der Waals surface area (Å²) in [4.78, 5) is 14.9. The van der Waals surface area contributed by atoms with E-state index in [0.29, 0.717) is 23.8 Å². The Morgan fingerprint density at radius 1 is 1.19 bits per heavy atom. The highest BCUT2D eigenvalue weighted by atomic mass is 35.5. The van der Waals surface area contributed by atoms with Crippen molar-refractivity contribution in [3.63, 3.8) is 0 Å². The van der Waals surface area contributed by atoms with Crippen molar-refractivity contribution in [3.8, 4) is 17.1 Å². The van der Waals surface area contributed by atoms with Gasteiger partial charge in [0.1, 0.15) is 5.75 Å². The highest BCUT2D eigenvalue weighted by Crippen LogP contribution is 2.26. The topological polar surface area (TPSA) is 89.7 Å². The molecule has 1 aliphatic heterocycles. The average molecular weight is 475 g/mol. The normalized spacial score (nSPS) is 17.2. The molecule has 0 spiro atoms. The molecule has 3 aromatic rings. The quantitative estimate of drug-likeness (QED) is 0.509. The maximum Gasteiger partial charge on any atom is 0.276 e. The van der Waals surface area contributed by atoms with Gasteiger partial charge in [0.25, 0.3) is 5.91 Å². The molecule has 0 saturated carbocycles. The van der Waals surface area contributed by atoms with E-state index in [1.54, 1.807) is 23.1 Å². The van der Waals surface area contributed by atoms with Gasteiger partial charge in [0.05, 0.1) is 18.1 Å². The number of halogens is 1. The molecule has 0 aliphatic carbocycles. The number of hydrogen-bond donors (Lipinski definition) is 0. The summed E-state index contributed by atoms with van der Waals surface area (Å²) in [5, 5.41) is 4.56. The molecule has 32 heavy (non-hydrogen) atoms. The van der Waals surface area contributed by atoms with E-state index in [1.165, 1.54) is 0 Å². The third kappa shape index (κ3) is 5.14. The molecule has 1 aliphatic rings. The molecule has 4 rings (SSSR count). The number of hydrogen-bond acceptors (Lipinski definition) is 6. The van der Waals surface area contributed by atoms with Crippen LogP contribution in [0.3, 0.4) is 0 Å². The molecule has 0 N–H and O–H groups in total. The van der Waals surface area contributed by atoms with Crippen LogP contribution in [0.15, 0.2) is 59.1 Å². The first-order chi connectivity index (χ1) is 15.3. The minimum absolute atomic E-state index is 0.0596. The second kappa shape index (κ2) is 9.34. The van der Waals surface area contributed by atoms with Crippen molar-refractivity contribution >= 4 is 27.3 Å². The fourth-order valence-corrected chi connectivity index (χ4v) is 5.57. The molecule has 7 nitrogen and oxygen atoms in total. The zero-order chi connectivity index (χ0) is 22.7. The third-order valence-electron chi connectivity index (χ3n) is 5.36. The first-order valence-electron chi connectivity index (χ1n) is 10.3. The van der Waals surface area contributed by atoms with Crippen molar-refractivity contribution in [2.75, 3.05) is 18.1 Å². The molecule has 1 amide bonds. The molecule has 1 saturated heterocycles. The number of aromatic nitrogens is 1. The van der Waals surface area contributed by atoms with Crippen molar-refractivity contribution in [2.24, 2.45) is 0 Å². The lowest BCUT2D eigenvalue weighted by Crippen LogP contribution is -2.40. The van der Waals surface area contributed by atoms with Crippen LogP contribution >= 0.6 is 11.6 Å². The Morgan fingerprint density at radius 2 is 1.91 bits per heavy atom. The van der Waals surface area contributed by atoms with Crippen LogP contribution in [0, 0.1) is 0 Å². The van der Waals surface area contributed by atoms with E-state index in [9.17, 15) is 13.2 Å². The molecule has 1 aromatic heterocycles. The van der Waals surface area contributed by atoms with Gasteiger partial charge < -0.3 is 14.2 Å². The predicted molar refractivity (Wildman–Crippen MR) is 121 cm³/mol. The lowest BCUT2D eigenvalue weighted by atomic mass is 10.1. The average Bonchev–Trinajstić information content (AvgIpc) is 3.40. The van der Waals surface area contributed by atoms with Gasteiger partial charge in [-0.1, -0.05) is 28.9 Å². The monoisotopic (exact) mass is 474 g/mol. The molecule has 168 valence electrons. The Bertz CT molecular complexity index is 1190. The lowest BCUT2D eigenvalue weighted by molar-refractivity contribution is 0.0670. The Hall–Kier alpha value is -2.84. The fraction of sp³-hybridized carbons (Fsp3) is 0.304. The lowest BCUT2D eigenvalue weighted by Gasteiger charge is -2.27. The SMILES string of the molecule is CCOc1ccc(-c2cc(C(=O)N(Cc3ccc(Cl)cc3)C3CCS(=O)(=O)C3)no2)cc1. The second-order valence-corrected chi connectivity index (χ2v) is 10.3. The molecule has 2 heterocycles. The van der Waals surface area contributed by atoms with E-state index >= 15 is 0 Å². The van der Waals surface area contributed by atoms with Gasteiger partial charge in [0, 0.05) is 29.2 Å². The van der Waals surface area contributed by atoms with Crippen LogP contribution in [0.2, 0.25) is 5.02 Å². The van der Waals surface area contributed by atoms with Gasteiger partial charge in [-0.2, -0.15) is 0 Å². The van der Waals surface area contributed by atoms with Crippen LogP contribution in [0.1, 0.15) is 29.4 Å². The summed E-state index contributed by atoms with van der Waals surface area (Å²) in [6.07, 6.45) is 0.394. The number of carbonyl (C=O) groups excluding carboxylic acids is 1. The van der Waals surface area contributed by atoms with Gasteiger partial charge in [0.15, 0.2) is 21.3 Å². The van der Waals surface area contributed by atoms with Crippen LogP contribution < -0.4 is 4.74 Å². The summed E-state index contributed by atoms with van der Waals surface area (Å²) in [6.45, 7) is 2.73. The summed E-state index contributed by atoms with van der Waals surface area (Å²) < 4.78 is 35.0. The first-order valence-corrected chi connectivity index (χ1v) is 12.5. The van der Waals surface area contributed by atoms with Gasteiger partial charge in [-0.05, 0) is 55.3 Å². The van der Waals surface area contributed by atoms with Gasteiger partial charge in [-0.3, -0.25) is 4.79 Å². The molecule has 1 fully saturated rings. The predicted octanol–water partition coefficient (Wildman–Crippen LogP) is 4.22. The number of carbonyl (C=O) groups is 1. The van der Waals surface area contributed by atoms with Crippen LogP contribution in [0.5, 0.6) is 5.75 Å². The zero-order valence-corrected chi connectivity index (χ0v) is 19.1. The number of ether oxygens (including phenoxy) is 1. The molecule has 0 bridgehead atoms. The van der Waals surface area contributed by atoms with E-state index in [2.05, 4.69) is 5.16 Å². The Kier molecular flexibility index (Phi) is 6.53. The molecular weight excluding hydrogens is 452 g/mol. The molecular formula is C23H23ClN2O5S. The molecule has 0 radical (unpaired) electrons. The number of sulfone groups is 1. The van der Waals surface area contributed by atoms with E-state index in [4.69, 9.17) is 20.9 Å². The minimum Gasteiger partial charge on any atom is -0.494 e. The second-order valence-electron chi connectivity index (χ2n) is 7.65. The van der Waals surface area contributed by atoms with Crippen molar-refractivity contribution in [1.82, 2.24) is 10.1 Å². The minimum atomic E-state index is -3.17. The number of rotatable bonds is 7. The smallest absolute Gasteiger partial charge is 0.276 e. The van der Waals surface area contributed by atoms with Gasteiger partial charge >= 0.3 is 0 Å². The Morgan fingerprint density at radius 3 is 2.53 bits per heavy atom.